The van der Waals surface area contributed by atoms with E-state index in [4.69, 9.17) is 5.11 Å². The fourth-order valence-corrected chi connectivity index (χ4v) is 2.55. The first-order valence-corrected chi connectivity index (χ1v) is 6.83. The molecule has 2 heterocycles. The van der Waals surface area contributed by atoms with E-state index in [-0.39, 0.29) is 12.0 Å². The summed E-state index contributed by atoms with van der Waals surface area (Å²) in [4.78, 5) is 31.6. The van der Waals surface area contributed by atoms with Crippen molar-refractivity contribution in [3.05, 3.63) is 49.3 Å². The summed E-state index contributed by atoms with van der Waals surface area (Å²) in [6, 6.07) is 4.00. The van der Waals surface area contributed by atoms with Crippen LogP contribution in [0.25, 0.3) is 12.2 Å². The molecule has 104 valence electrons. The number of carboxylic acid groups (broad SMARTS) is 1. The van der Waals surface area contributed by atoms with E-state index < -0.39 is 11.5 Å². The lowest BCUT2D eigenvalue weighted by Gasteiger charge is -2.02. The van der Waals surface area contributed by atoms with E-state index in [2.05, 4.69) is 9.97 Å². The van der Waals surface area contributed by atoms with Gasteiger partial charge in [-0.25, -0.2) is 4.98 Å². The van der Waals surface area contributed by atoms with Gasteiger partial charge in [0.05, 0.1) is 6.42 Å². The highest BCUT2D eigenvalue weighted by Gasteiger charge is 2.10. The number of aliphatic carboxylic acids is 1. The van der Waals surface area contributed by atoms with Crippen LogP contribution in [-0.4, -0.2) is 21.0 Å². The first-order chi connectivity index (χ1) is 9.45. The average Bonchev–Trinajstić information content (AvgIpc) is 2.77. The molecule has 2 rings (SSSR count). The molecule has 0 aliphatic carbocycles. The van der Waals surface area contributed by atoms with Gasteiger partial charge in [-0.05, 0) is 38.1 Å². The summed E-state index contributed by atoms with van der Waals surface area (Å²) < 4.78 is 0. The van der Waals surface area contributed by atoms with Crippen molar-refractivity contribution in [3.63, 3.8) is 0 Å². The van der Waals surface area contributed by atoms with Gasteiger partial charge in [0.1, 0.15) is 5.82 Å². The number of aromatic amines is 1. The molecule has 0 aliphatic heterocycles. The molecule has 20 heavy (non-hydrogen) atoms. The van der Waals surface area contributed by atoms with Crippen LogP contribution >= 0.6 is 11.3 Å². The van der Waals surface area contributed by atoms with Gasteiger partial charge in [0.15, 0.2) is 0 Å². The summed E-state index contributed by atoms with van der Waals surface area (Å²) in [7, 11) is 0. The summed E-state index contributed by atoms with van der Waals surface area (Å²) in [5.74, 6) is -0.620. The smallest absolute Gasteiger partial charge is 0.308 e. The molecule has 2 aromatic rings. The third kappa shape index (κ3) is 3.42. The Labute approximate surface area is 119 Å². The van der Waals surface area contributed by atoms with Crippen molar-refractivity contribution in [1.82, 2.24) is 9.97 Å². The molecular weight excluding hydrogens is 276 g/mol. The van der Waals surface area contributed by atoms with Crippen LogP contribution in [0.5, 0.6) is 0 Å². The first-order valence-electron chi connectivity index (χ1n) is 6.02. The zero-order valence-corrected chi connectivity index (χ0v) is 12.0. The number of H-pyrrole nitrogens is 1. The molecule has 6 heteroatoms. The SMILES string of the molecule is Cc1ccc(/C=C/c2nc(C)c(CC(=O)O)c(=O)[nH]2)s1. The van der Waals surface area contributed by atoms with Crippen molar-refractivity contribution in [3.8, 4) is 0 Å². The fraction of sp³-hybridized carbons (Fsp3) is 0.214. The zero-order chi connectivity index (χ0) is 14.7. The first kappa shape index (κ1) is 14.2. The Morgan fingerprint density at radius 1 is 1.40 bits per heavy atom. The fourth-order valence-electron chi connectivity index (χ4n) is 1.77. The van der Waals surface area contributed by atoms with Crippen LogP contribution in [-0.2, 0) is 11.2 Å². The van der Waals surface area contributed by atoms with Gasteiger partial charge in [-0.15, -0.1) is 11.3 Å². The lowest BCUT2D eigenvalue weighted by molar-refractivity contribution is -0.136. The van der Waals surface area contributed by atoms with Crippen molar-refractivity contribution >= 4 is 29.5 Å². The van der Waals surface area contributed by atoms with Crippen LogP contribution in [0, 0.1) is 13.8 Å². The maximum absolute atomic E-state index is 11.8. The molecule has 0 spiro atoms. The number of thiophene rings is 1. The van der Waals surface area contributed by atoms with Crippen LogP contribution in [0.2, 0.25) is 0 Å². The molecule has 0 unspecified atom stereocenters. The van der Waals surface area contributed by atoms with Crippen LogP contribution in [0.15, 0.2) is 16.9 Å². The van der Waals surface area contributed by atoms with E-state index >= 15 is 0 Å². The Morgan fingerprint density at radius 2 is 2.15 bits per heavy atom. The van der Waals surface area contributed by atoms with Gasteiger partial charge in [0.2, 0.25) is 0 Å². The number of aromatic nitrogens is 2. The van der Waals surface area contributed by atoms with Crippen LogP contribution in [0.1, 0.15) is 26.8 Å². The predicted octanol–water partition coefficient (Wildman–Crippen LogP) is 2.25. The minimum absolute atomic E-state index is 0.196. The van der Waals surface area contributed by atoms with E-state index in [0.29, 0.717) is 11.5 Å². The van der Waals surface area contributed by atoms with E-state index in [9.17, 15) is 9.59 Å². The number of aryl methyl sites for hydroxylation is 2. The Bertz CT molecular complexity index is 728. The van der Waals surface area contributed by atoms with E-state index in [1.807, 2.05) is 25.1 Å². The number of carbonyl (C=O) groups is 1. The topological polar surface area (TPSA) is 83.0 Å². The van der Waals surface area contributed by atoms with Crippen molar-refractivity contribution in [2.75, 3.05) is 0 Å². The molecule has 0 bridgehead atoms. The number of carboxylic acids is 1. The van der Waals surface area contributed by atoms with Gasteiger partial charge in [0, 0.05) is 21.0 Å². The summed E-state index contributed by atoms with van der Waals surface area (Å²) in [6.45, 7) is 3.66. The Kier molecular flexibility index (Phi) is 4.14. The van der Waals surface area contributed by atoms with E-state index in [0.717, 1.165) is 4.88 Å². The van der Waals surface area contributed by atoms with E-state index in [1.165, 1.54) is 4.88 Å². The monoisotopic (exact) mass is 290 g/mol. The molecule has 2 N–H and O–H groups in total. The number of hydrogen-bond acceptors (Lipinski definition) is 4. The largest absolute Gasteiger partial charge is 0.481 e. The molecule has 5 nitrogen and oxygen atoms in total. The summed E-state index contributed by atoms with van der Waals surface area (Å²) in [5.41, 5.74) is 0.238. The molecule has 0 atom stereocenters. The number of nitrogens with zero attached hydrogens (tertiary/aromatic N) is 1. The van der Waals surface area contributed by atoms with E-state index in [1.54, 1.807) is 24.3 Å². The van der Waals surface area contributed by atoms with Crippen molar-refractivity contribution in [2.45, 2.75) is 20.3 Å². The predicted molar refractivity (Wildman–Crippen MR) is 78.9 cm³/mol. The minimum atomic E-state index is -1.04. The lowest BCUT2D eigenvalue weighted by atomic mass is 10.2. The average molecular weight is 290 g/mol. The summed E-state index contributed by atoms with van der Waals surface area (Å²) in [5, 5.41) is 8.75. The normalized spacial score (nSPS) is 11.1. The number of nitrogens with one attached hydrogen (secondary N) is 1. The highest BCUT2D eigenvalue weighted by atomic mass is 32.1. The highest BCUT2D eigenvalue weighted by Crippen LogP contribution is 2.17. The standard InChI is InChI=1S/C14H14N2O3S/c1-8-3-4-10(20-8)5-6-12-15-9(2)11(7-13(17)18)14(19)16-12/h3-6H,7H2,1-2H3,(H,17,18)(H,15,16,19)/b6-5+. The highest BCUT2D eigenvalue weighted by molar-refractivity contribution is 7.12. The van der Waals surface area contributed by atoms with Gasteiger partial charge < -0.3 is 10.1 Å². The molecule has 0 aliphatic rings. The minimum Gasteiger partial charge on any atom is -0.481 e. The van der Waals surface area contributed by atoms with Crippen molar-refractivity contribution in [1.29, 1.82) is 0 Å². The van der Waals surface area contributed by atoms with Crippen molar-refractivity contribution < 1.29 is 9.90 Å². The molecule has 2 aromatic heterocycles. The maximum atomic E-state index is 11.8. The molecule has 0 aromatic carbocycles. The van der Waals surface area contributed by atoms with Gasteiger partial charge in [-0.2, -0.15) is 0 Å². The van der Waals surface area contributed by atoms with Crippen molar-refractivity contribution in [2.24, 2.45) is 0 Å². The third-order valence-corrected chi connectivity index (χ3v) is 3.70. The molecule has 0 radical (unpaired) electrons. The molecule has 0 fully saturated rings. The Balaban J connectivity index is 2.28. The Hall–Kier alpha value is -2.21. The van der Waals surface area contributed by atoms with Crippen LogP contribution in [0.3, 0.4) is 0 Å². The third-order valence-electron chi connectivity index (χ3n) is 2.74. The lowest BCUT2D eigenvalue weighted by Crippen LogP contribution is -2.20. The van der Waals surface area contributed by atoms with Crippen LogP contribution < -0.4 is 5.56 Å². The second kappa shape index (κ2) is 5.83. The molecule has 0 amide bonds. The van der Waals surface area contributed by atoms with Gasteiger partial charge >= 0.3 is 5.97 Å². The second-order valence-electron chi connectivity index (χ2n) is 4.37. The summed E-state index contributed by atoms with van der Waals surface area (Å²) in [6.07, 6.45) is 3.26. The maximum Gasteiger partial charge on any atom is 0.308 e. The summed E-state index contributed by atoms with van der Waals surface area (Å²) >= 11 is 1.64. The number of rotatable bonds is 4. The van der Waals surface area contributed by atoms with Gasteiger partial charge in [-0.1, -0.05) is 0 Å². The van der Waals surface area contributed by atoms with Crippen LogP contribution in [0.4, 0.5) is 0 Å². The molecule has 0 saturated heterocycles. The van der Waals surface area contributed by atoms with Gasteiger partial charge in [-0.3, -0.25) is 9.59 Å². The zero-order valence-electron chi connectivity index (χ0n) is 11.1. The van der Waals surface area contributed by atoms with Gasteiger partial charge in [0.25, 0.3) is 5.56 Å². The Morgan fingerprint density at radius 3 is 2.70 bits per heavy atom. The number of hydrogen-bond donors (Lipinski definition) is 2. The molecular formula is C14H14N2O3S. The quantitative estimate of drug-likeness (QED) is 0.904. The molecule has 0 saturated carbocycles. The second-order valence-corrected chi connectivity index (χ2v) is 5.69.